The first-order valence-electron chi connectivity index (χ1n) is 6.70. The molecule has 3 nitrogen and oxygen atoms in total. The van der Waals surface area contributed by atoms with Crippen LogP contribution in [0.1, 0.15) is 10.4 Å². The molecule has 0 heterocycles. The zero-order valence-corrected chi connectivity index (χ0v) is 14.1. The molecule has 1 N–H and O–H groups in total. The first kappa shape index (κ1) is 17.6. The SMILES string of the molecule is CN(C)c1cccc(C(=O)Nc2cccc(Cl)c2SC(F)F)c1. The monoisotopic (exact) mass is 356 g/mol. The van der Waals surface area contributed by atoms with Crippen LogP contribution in [0.3, 0.4) is 0 Å². The average Bonchev–Trinajstić information content (AvgIpc) is 2.50. The largest absolute Gasteiger partial charge is 0.378 e. The first-order valence-corrected chi connectivity index (χ1v) is 7.96. The number of alkyl halides is 2. The molecule has 0 bridgehead atoms. The minimum atomic E-state index is -2.62. The number of nitrogens with one attached hydrogen (secondary N) is 1. The molecule has 2 rings (SSSR count). The third kappa shape index (κ3) is 4.59. The van der Waals surface area contributed by atoms with Crippen LogP contribution in [0.4, 0.5) is 20.2 Å². The molecular formula is C16H15ClF2N2OS. The summed E-state index contributed by atoms with van der Waals surface area (Å²) in [4.78, 5) is 14.4. The van der Waals surface area contributed by atoms with Crippen LogP contribution in [0.25, 0.3) is 0 Å². The topological polar surface area (TPSA) is 32.3 Å². The molecule has 1 amide bonds. The van der Waals surface area contributed by atoms with Gasteiger partial charge in [0.1, 0.15) is 0 Å². The molecule has 0 fully saturated rings. The lowest BCUT2D eigenvalue weighted by Crippen LogP contribution is -2.14. The van der Waals surface area contributed by atoms with Gasteiger partial charge in [0.15, 0.2) is 0 Å². The highest BCUT2D eigenvalue weighted by Gasteiger charge is 2.16. The van der Waals surface area contributed by atoms with Crippen LogP contribution < -0.4 is 10.2 Å². The predicted molar refractivity (Wildman–Crippen MR) is 92.0 cm³/mol. The third-order valence-corrected chi connectivity index (χ3v) is 4.33. The zero-order valence-electron chi connectivity index (χ0n) is 12.5. The summed E-state index contributed by atoms with van der Waals surface area (Å²) in [6.07, 6.45) is 0. The van der Waals surface area contributed by atoms with E-state index < -0.39 is 5.76 Å². The summed E-state index contributed by atoms with van der Waals surface area (Å²) in [5, 5.41) is 2.82. The number of carbonyl (C=O) groups excluding carboxylic acids is 1. The average molecular weight is 357 g/mol. The Labute approximate surface area is 142 Å². The van der Waals surface area contributed by atoms with E-state index in [4.69, 9.17) is 11.6 Å². The van der Waals surface area contributed by atoms with Gasteiger partial charge in [0.25, 0.3) is 11.7 Å². The van der Waals surface area contributed by atoms with E-state index in [2.05, 4.69) is 5.32 Å². The van der Waals surface area contributed by atoms with Crippen molar-refractivity contribution in [3.8, 4) is 0 Å². The minimum Gasteiger partial charge on any atom is -0.378 e. The maximum absolute atomic E-state index is 12.7. The Hall–Kier alpha value is -1.79. The molecule has 0 saturated heterocycles. The van der Waals surface area contributed by atoms with Gasteiger partial charge in [-0.2, -0.15) is 8.78 Å². The van der Waals surface area contributed by atoms with Gasteiger partial charge in [-0.3, -0.25) is 4.79 Å². The molecule has 2 aromatic carbocycles. The van der Waals surface area contributed by atoms with Gasteiger partial charge in [-0.1, -0.05) is 35.5 Å². The Morgan fingerprint density at radius 2 is 1.91 bits per heavy atom. The van der Waals surface area contributed by atoms with Crippen molar-refractivity contribution in [3.63, 3.8) is 0 Å². The number of anilines is 2. The number of nitrogens with zero attached hydrogens (tertiary/aromatic N) is 1. The molecule has 0 saturated carbocycles. The highest BCUT2D eigenvalue weighted by atomic mass is 35.5. The van der Waals surface area contributed by atoms with Crippen molar-refractivity contribution in [3.05, 3.63) is 53.1 Å². The highest BCUT2D eigenvalue weighted by molar-refractivity contribution is 7.99. The van der Waals surface area contributed by atoms with Crippen molar-refractivity contribution in [2.24, 2.45) is 0 Å². The smallest absolute Gasteiger partial charge is 0.289 e. The lowest BCUT2D eigenvalue weighted by Gasteiger charge is -2.15. The number of benzene rings is 2. The summed E-state index contributed by atoms with van der Waals surface area (Å²) in [5.74, 6) is -3.00. The molecule has 2 aromatic rings. The summed E-state index contributed by atoms with van der Waals surface area (Å²) < 4.78 is 25.3. The Bertz CT molecular complexity index is 710. The lowest BCUT2D eigenvalue weighted by atomic mass is 10.1. The van der Waals surface area contributed by atoms with Gasteiger partial charge in [-0.05, 0) is 30.3 Å². The molecule has 0 radical (unpaired) electrons. The van der Waals surface area contributed by atoms with Crippen LogP contribution in [-0.2, 0) is 0 Å². The number of hydrogen-bond donors (Lipinski definition) is 1. The quantitative estimate of drug-likeness (QED) is 0.767. The Morgan fingerprint density at radius 1 is 1.22 bits per heavy atom. The van der Waals surface area contributed by atoms with Gasteiger partial charge < -0.3 is 10.2 Å². The fourth-order valence-corrected chi connectivity index (χ4v) is 2.85. The van der Waals surface area contributed by atoms with E-state index in [-0.39, 0.29) is 21.5 Å². The number of thioether (sulfide) groups is 1. The number of rotatable bonds is 5. The zero-order chi connectivity index (χ0) is 17.0. The normalized spacial score (nSPS) is 10.7. The highest BCUT2D eigenvalue weighted by Crippen LogP contribution is 2.37. The van der Waals surface area contributed by atoms with Crippen molar-refractivity contribution in [1.29, 1.82) is 0 Å². The summed E-state index contributed by atoms with van der Waals surface area (Å²) in [6, 6.07) is 11.7. The second-order valence-corrected chi connectivity index (χ2v) is 6.30. The van der Waals surface area contributed by atoms with Gasteiger partial charge in [0.2, 0.25) is 0 Å². The van der Waals surface area contributed by atoms with Crippen LogP contribution in [0, 0.1) is 0 Å². The number of amides is 1. The van der Waals surface area contributed by atoms with Crippen LogP contribution in [0.15, 0.2) is 47.4 Å². The van der Waals surface area contributed by atoms with Crippen LogP contribution in [0.5, 0.6) is 0 Å². The van der Waals surface area contributed by atoms with Gasteiger partial charge in [0, 0.05) is 25.3 Å². The number of hydrogen-bond acceptors (Lipinski definition) is 3. The molecule has 0 unspecified atom stereocenters. The van der Waals surface area contributed by atoms with E-state index in [0.717, 1.165) is 5.69 Å². The maximum atomic E-state index is 12.7. The van der Waals surface area contributed by atoms with E-state index in [0.29, 0.717) is 17.3 Å². The van der Waals surface area contributed by atoms with E-state index >= 15 is 0 Å². The van der Waals surface area contributed by atoms with Gasteiger partial charge in [-0.15, -0.1) is 0 Å². The number of halogens is 3. The molecule has 23 heavy (non-hydrogen) atoms. The summed E-state index contributed by atoms with van der Waals surface area (Å²) >= 11 is 6.27. The second-order valence-electron chi connectivity index (χ2n) is 4.89. The maximum Gasteiger partial charge on any atom is 0.289 e. The first-order chi connectivity index (χ1) is 10.9. The van der Waals surface area contributed by atoms with E-state index in [1.165, 1.54) is 6.07 Å². The molecule has 0 atom stereocenters. The Morgan fingerprint density at radius 3 is 2.57 bits per heavy atom. The molecule has 0 aromatic heterocycles. The molecular weight excluding hydrogens is 342 g/mol. The van der Waals surface area contributed by atoms with Gasteiger partial charge in [0.05, 0.1) is 15.6 Å². The predicted octanol–water partition coefficient (Wildman–Crippen LogP) is 4.97. The third-order valence-electron chi connectivity index (χ3n) is 3.05. The second kappa shape index (κ2) is 7.66. The van der Waals surface area contributed by atoms with Crippen molar-refractivity contribution in [1.82, 2.24) is 0 Å². The van der Waals surface area contributed by atoms with Gasteiger partial charge in [-0.25, -0.2) is 0 Å². The van der Waals surface area contributed by atoms with Crippen LogP contribution in [0.2, 0.25) is 5.02 Å². The Kier molecular flexibility index (Phi) is 5.85. The summed E-state index contributed by atoms with van der Waals surface area (Å²) in [6.45, 7) is 0. The fraction of sp³-hybridized carbons (Fsp3) is 0.188. The lowest BCUT2D eigenvalue weighted by molar-refractivity contribution is 0.102. The fourth-order valence-electron chi connectivity index (χ4n) is 1.94. The minimum absolute atomic E-state index is 0.154. The molecule has 0 spiro atoms. The van der Waals surface area contributed by atoms with Crippen molar-refractivity contribution in [2.75, 3.05) is 24.3 Å². The molecule has 122 valence electrons. The summed E-state index contributed by atoms with van der Waals surface area (Å²) in [7, 11) is 3.73. The van der Waals surface area contributed by atoms with Crippen molar-refractivity contribution < 1.29 is 13.6 Å². The van der Waals surface area contributed by atoms with Crippen molar-refractivity contribution >= 4 is 40.6 Å². The van der Waals surface area contributed by atoms with E-state index in [1.807, 2.05) is 25.1 Å². The van der Waals surface area contributed by atoms with Gasteiger partial charge >= 0.3 is 0 Å². The van der Waals surface area contributed by atoms with E-state index in [9.17, 15) is 13.6 Å². The number of carbonyl (C=O) groups is 1. The molecule has 0 aliphatic rings. The summed E-state index contributed by atoms with van der Waals surface area (Å²) in [5.41, 5.74) is 1.57. The molecule has 0 aliphatic heterocycles. The van der Waals surface area contributed by atoms with Crippen LogP contribution >= 0.6 is 23.4 Å². The van der Waals surface area contributed by atoms with Crippen LogP contribution in [-0.4, -0.2) is 25.8 Å². The standard InChI is InChI=1S/C16H15ClF2N2OS/c1-21(2)11-6-3-5-10(9-11)15(22)20-13-8-4-7-12(17)14(13)23-16(18)19/h3-9,16H,1-2H3,(H,20,22). The Balaban J connectivity index is 2.27. The van der Waals surface area contributed by atoms with E-state index in [1.54, 1.807) is 30.3 Å². The molecule has 0 aliphatic carbocycles. The van der Waals surface area contributed by atoms with Crippen molar-refractivity contribution in [2.45, 2.75) is 10.7 Å². The molecule has 7 heteroatoms.